The molecular formula is C14H19F2N. The highest BCUT2D eigenvalue weighted by Gasteiger charge is 2.25. The summed E-state index contributed by atoms with van der Waals surface area (Å²) in [5.74, 6) is -0.476. The van der Waals surface area contributed by atoms with Crippen molar-refractivity contribution in [2.45, 2.75) is 38.1 Å². The van der Waals surface area contributed by atoms with Crippen LogP contribution in [0.25, 0.3) is 0 Å². The van der Waals surface area contributed by atoms with Crippen LogP contribution >= 0.6 is 0 Å². The second-order valence-electron chi connectivity index (χ2n) is 4.84. The van der Waals surface area contributed by atoms with Gasteiger partial charge in [-0.1, -0.05) is 18.9 Å². The molecule has 0 radical (unpaired) electrons. The monoisotopic (exact) mass is 239 g/mol. The first-order chi connectivity index (χ1) is 8.22. The van der Waals surface area contributed by atoms with Crippen LogP contribution in [0.2, 0.25) is 0 Å². The Bertz CT molecular complexity index is 358. The molecule has 1 aromatic rings. The summed E-state index contributed by atoms with van der Waals surface area (Å²) in [6.07, 6.45) is 5.04. The molecule has 1 fully saturated rings. The first-order valence-electron chi connectivity index (χ1n) is 6.32. The van der Waals surface area contributed by atoms with E-state index in [0.29, 0.717) is 18.4 Å². The summed E-state index contributed by atoms with van der Waals surface area (Å²) in [5, 5.41) is 3.27. The van der Waals surface area contributed by atoms with Crippen molar-refractivity contribution in [3.05, 3.63) is 35.4 Å². The molecule has 94 valence electrons. The summed E-state index contributed by atoms with van der Waals surface area (Å²) >= 11 is 0. The van der Waals surface area contributed by atoms with E-state index in [0.717, 1.165) is 12.8 Å². The van der Waals surface area contributed by atoms with Gasteiger partial charge in [0.05, 0.1) is 0 Å². The summed E-state index contributed by atoms with van der Waals surface area (Å²) in [6, 6.07) is 4.50. The Labute approximate surface area is 101 Å². The van der Waals surface area contributed by atoms with Gasteiger partial charge in [0.1, 0.15) is 11.6 Å². The van der Waals surface area contributed by atoms with E-state index >= 15 is 0 Å². The minimum absolute atomic E-state index is 0.250. The van der Waals surface area contributed by atoms with Gasteiger partial charge in [0.2, 0.25) is 0 Å². The van der Waals surface area contributed by atoms with Gasteiger partial charge in [-0.3, -0.25) is 0 Å². The number of hydrogen-bond acceptors (Lipinski definition) is 1. The Morgan fingerprint density at radius 1 is 1.18 bits per heavy atom. The fourth-order valence-corrected chi connectivity index (χ4v) is 2.82. The standard InChI is InChI=1S/C14H19F2N/c1-17-14-8-3-2-5-10(14)9-11-12(15)6-4-7-13(11)16/h4,6-7,10,14,17H,2-3,5,8-9H2,1H3. The molecule has 0 spiro atoms. The predicted octanol–water partition coefficient (Wildman–Crippen LogP) is 3.29. The van der Waals surface area contributed by atoms with Crippen LogP contribution in [0, 0.1) is 17.6 Å². The summed E-state index contributed by atoms with van der Waals surface area (Å²) in [7, 11) is 1.93. The van der Waals surface area contributed by atoms with E-state index in [9.17, 15) is 8.78 Å². The van der Waals surface area contributed by atoms with Crippen molar-refractivity contribution in [3.8, 4) is 0 Å². The van der Waals surface area contributed by atoms with Crippen molar-refractivity contribution in [2.24, 2.45) is 5.92 Å². The van der Waals surface area contributed by atoms with Crippen molar-refractivity contribution in [1.29, 1.82) is 0 Å². The van der Waals surface area contributed by atoms with Crippen molar-refractivity contribution in [3.63, 3.8) is 0 Å². The summed E-state index contributed by atoms with van der Waals surface area (Å²) < 4.78 is 27.2. The Balaban J connectivity index is 2.13. The predicted molar refractivity (Wildman–Crippen MR) is 64.9 cm³/mol. The first-order valence-corrected chi connectivity index (χ1v) is 6.32. The molecule has 1 N–H and O–H groups in total. The van der Waals surface area contributed by atoms with Crippen LogP contribution in [0.15, 0.2) is 18.2 Å². The average molecular weight is 239 g/mol. The van der Waals surface area contributed by atoms with Gasteiger partial charge in [0, 0.05) is 11.6 Å². The van der Waals surface area contributed by atoms with Crippen LogP contribution in [0.5, 0.6) is 0 Å². The molecule has 1 nitrogen and oxygen atoms in total. The van der Waals surface area contributed by atoms with Gasteiger partial charge in [-0.25, -0.2) is 8.78 Å². The molecule has 2 unspecified atom stereocenters. The van der Waals surface area contributed by atoms with E-state index in [1.54, 1.807) is 0 Å². The van der Waals surface area contributed by atoms with Gasteiger partial charge in [-0.15, -0.1) is 0 Å². The van der Waals surface area contributed by atoms with Crippen molar-refractivity contribution in [2.75, 3.05) is 7.05 Å². The highest BCUT2D eigenvalue weighted by molar-refractivity contribution is 5.20. The van der Waals surface area contributed by atoms with Gasteiger partial charge >= 0.3 is 0 Å². The molecule has 0 saturated heterocycles. The van der Waals surface area contributed by atoms with Gasteiger partial charge in [0.15, 0.2) is 0 Å². The lowest BCUT2D eigenvalue weighted by atomic mass is 9.80. The molecule has 2 rings (SSSR count). The van der Waals surface area contributed by atoms with E-state index in [1.165, 1.54) is 31.0 Å². The van der Waals surface area contributed by atoms with Crippen molar-refractivity contribution in [1.82, 2.24) is 5.32 Å². The van der Waals surface area contributed by atoms with Crippen LogP contribution in [-0.4, -0.2) is 13.1 Å². The minimum atomic E-state index is -0.412. The highest BCUT2D eigenvalue weighted by Crippen LogP contribution is 2.28. The minimum Gasteiger partial charge on any atom is -0.317 e. The zero-order valence-corrected chi connectivity index (χ0v) is 10.2. The Hall–Kier alpha value is -0.960. The Kier molecular flexibility index (Phi) is 4.11. The molecule has 0 bridgehead atoms. The normalized spacial score (nSPS) is 24.9. The third-order valence-corrected chi connectivity index (χ3v) is 3.81. The topological polar surface area (TPSA) is 12.0 Å². The second kappa shape index (κ2) is 5.58. The smallest absolute Gasteiger partial charge is 0.129 e. The number of benzene rings is 1. The first kappa shape index (κ1) is 12.5. The molecule has 17 heavy (non-hydrogen) atoms. The van der Waals surface area contributed by atoms with Crippen LogP contribution in [0.3, 0.4) is 0 Å². The maximum Gasteiger partial charge on any atom is 0.129 e. The van der Waals surface area contributed by atoms with Crippen LogP contribution in [0.1, 0.15) is 31.2 Å². The fraction of sp³-hybridized carbons (Fsp3) is 0.571. The van der Waals surface area contributed by atoms with Gasteiger partial charge in [0.25, 0.3) is 0 Å². The SMILES string of the molecule is CNC1CCCCC1Cc1c(F)cccc1F. The summed E-state index contributed by atoms with van der Waals surface area (Å²) in [6.45, 7) is 0. The molecular weight excluding hydrogens is 220 g/mol. The fourth-order valence-electron chi connectivity index (χ4n) is 2.82. The lowest BCUT2D eigenvalue weighted by Crippen LogP contribution is -2.37. The Morgan fingerprint density at radius 2 is 1.82 bits per heavy atom. The van der Waals surface area contributed by atoms with E-state index in [4.69, 9.17) is 0 Å². The third kappa shape index (κ3) is 2.83. The summed E-state index contributed by atoms with van der Waals surface area (Å²) in [4.78, 5) is 0. The molecule has 3 heteroatoms. The van der Waals surface area contributed by atoms with Crippen LogP contribution in [0.4, 0.5) is 8.78 Å². The molecule has 0 aliphatic heterocycles. The quantitative estimate of drug-likeness (QED) is 0.853. The van der Waals surface area contributed by atoms with E-state index in [-0.39, 0.29) is 5.56 Å². The number of hydrogen-bond donors (Lipinski definition) is 1. The molecule has 2 atom stereocenters. The lowest BCUT2D eigenvalue weighted by Gasteiger charge is -2.31. The maximum atomic E-state index is 13.6. The van der Waals surface area contributed by atoms with Crippen molar-refractivity contribution < 1.29 is 8.78 Å². The second-order valence-corrected chi connectivity index (χ2v) is 4.84. The van der Waals surface area contributed by atoms with Gasteiger partial charge in [-0.2, -0.15) is 0 Å². The molecule has 0 amide bonds. The lowest BCUT2D eigenvalue weighted by molar-refractivity contribution is 0.268. The highest BCUT2D eigenvalue weighted by atomic mass is 19.1. The summed E-state index contributed by atoms with van der Waals surface area (Å²) in [5.41, 5.74) is 0.250. The van der Waals surface area contributed by atoms with Crippen LogP contribution in [-0.2, 0) is 6.42 Å². The number of rotatable bonds is 3. The average Bonchev–Trinajstić information content (AvgIpc) is 2.34. The van der Waals surface area contributed by atoms with Gasteiger partial charge < -0.3 is 5.32 Å². The molecule has 0 aromatic heterocycles. The zero-order valence-electron chi connectivity index (χ0n) is 10.2. The third-order valence-electron chi connectivity index (χ3n) is 3.81. The van der Waals surface area contributed by atoms with Crippen LogP contribution < -0.4 is 5.32 Å². The molecule has 1 aliphatic carbocycles. The van der Waals surface area contributed by atoms with Crippen molar-refractivity contribution >= 4 is 0 Å². The number of nitrogens with one attached hydrogen (secondary N) is 1. The maximum absolute atomic E-state index is 13.6. The zero-order chi connectivity index (χ0) is 12.3. The van der Waals surface area contributed by atoms with Gasteiger partial charge in [-0.05, 0) is 44.4 Å². The number of halogens is 2. The van der Waals surface area contributed by atoms with E-state index in [1.807, 2.05) is 7.05 Å². The van der Waals surface area contributed by atoms with E-state index in [2.05, 4.69) is 5.32 Å². The molecule has 1 aromatic carbocycles. The van der Waals surface area contributed by atoms with E-state index < -0.39 is 11.6 Å². The molecule has 1 saturated carbocycles. The molecule has 1 aliphatic rings. The largest absolute Gasteiger partial charge is 0.317 e. The Morgan fingerprint density at radius 3 is 2.47 bits per heavy atom. The molecule has 0 heterocycles.